The lowest BCUT2D eigenvalue weighted by Crippen LogP contribution is -2.30. The molecule has 0 spiro atoms. The predicted molar refractivity (Wildman–Crippen MR) is 63.2 cm³/mol. The van der Waals surface area contributed by atoms with Gasteiger partial charge in [-0.3, -0.25) is 0 Å². The van der Waals surface area contributed by atoms with E-state index >= 15 is 0 Å². The van der Waals surface area contributed by atoms with E-state index < -0.39 is 16.1 Å². The summed E-state index contributed by atoms with van der Waals surface area (Å²) in [5.41, 5.74) is 0. The lowest BCUT2D eigenvalue weighted by Gasteiger charge is -2.17. The van der Waals surface area contributed by atoms with Gasteiger partial charge < -0.3 is 10.4 Å². The zero-order valence-electron chi connectivity index (χ0n) is 9.50. The molecule has 1 aromatic heterocycles. The molecule has 1 unspecified atom stereocenters. The van der Waals surface area contributed by atoms with Crippen LogP contribution in [0.2, 0.25) is 0 Å². The monoisotopic (exact) mass is 257 g/mol. The van der Waals surface area contributed by atoms with Crippen molar-refractivity contribution >= 4 is 15.8 Å². The van der Waals surface area contributed by atoms with E-state index in [1.54, 1.807) is 13.1 Å². The summed E-state index contributed by atoms with van der Waals surface area (Å²) in [6.07, 6.45) is 1.44. The van der Waals surface area contributed by atoms with Gasteiger partial charge in [0.05, 0.1) is 6.10 Å². The maximum absolute atomic E-state index is 12.3. The Morgan fingerprint density at radius 2 is 2.35 bits per heavy atom. The lowest BCUT2D eigenvalue weighted by molar-refractivity contribution is 0.189. The molecule has 1 atom stereocenters. The van der Waals surface area contributed by atoms with E-state index in [4.69, 9.17) is 0 Å². The van der Waals surface area contributed by atoms with Crippen LogP contribution in [-0.4, -0.2) is 49.1 Å². The molecule has 2 heterocycles. The fourth-order valence-electron chi connectivity index (χ4n) is 1.85. The standard InChI is InChI=1S/C10H15N3O3S/c1-11-10-9(3-2-5-12-10)17(15,16)13-6-4-8(14)7-13/h2-3,5,8,14H,4,6-7H2,1H3,(H,11,12). The van der Waals surface area contributed by atoms with Crippen molar-refractivity contribution in [2.24, 2.45) is 0 Å². The second-order valence-corrected chi connectivity index (χ2v) is 5.81. The highest BCUT2D eigenvalue weighted by molar-refractivity contribution is 7.89. The van der Waals surface area contributed by atoms with Crippen molar-refractivity contribution in [2.45, 2.75) is 17.4 Å². The summed E-state index contributed by atoms with van der Waals surface area (Å²) in [5, 5.41) is 12.2. The number of nitrogens with one attached hydrogen (secondary N) is 1. The van der Waals surface area contributed by atoms with Crippen LogP contribution in [-0.2, 0) is 10.0 Å². The van der Waals surface area contributed by atoms with Gasteiger partial charge in [-0.05, 0) is 18.6 Å². The van der Waals surface area contributed by atoms with Gasteiger partial charge in [-0.1, -0.05) is 0 Å². The van der Waals surface area contributed by atoms with Gasteiger partial charge in [-0.15, -0.1) is 0 Å². The normalized spacial score (nSPS) is 21.6. The van der Waals surface area contributed by atoms with Gasteiger partial charge in [0.1, 0.15) is 10.7 Å². The van der Waals surface area contributed by atoms with Crippen molar-refractivity contribution in [3.05, 3.63) is 18.3 Å². The number of hydrogen-bond acceptors (Lipinski definition) is 5. The molecule has 0 saturated carbocycles. The van der Waals surface area contributed by atoms with Crippen LogP contribution in [0.3, 0.4) is 0 Å². The molecular weight excluding hydrogens is 242 g/mol. The van der Waals surface area contributed by atoms with Gasteiger partial charge in [0, 0.05) is 26.3 Å². The molecule has 0 radical (unpaired) electrons. The van der Waals surface area contributed by atoms with Gasteiger partial charge in [0.2, 0.25) is 10.0 Å². The van der Waals surface area contributed by atoms with Crippen LogP contribution in [0.1, 0.15) is 6.42 Å². The molecule has 1 fully saturated rings. The Morgan fingerprint density at radius 3 is 2.94 bits per heavy atom. The third kappa shape index (κ3) is 2.26. The zero-order valence-corrected chi connectivity index (χ0v) is 10.3. The van der Waals surface area contributed by atoms with Crippen LogP contribution in [0.25, 0.3) is 0 Å². The Kier molecular flexibility index (Phi) is 3.32. The van der Waals surface area contributed by atoms with Crippen LogP contribution >= 0.6 is 0 Å². The second-order valence-electron chi connectivity index (χ2n) is 3.91. The van der Waals surface area contributed by atoms with Crippen LogP contribution in [0.4, 0.5) is 5.82 Å². The number of aromatic nitrogens is 1. The van der Waals surface area contributed by atoms with Crippen molar-refractivity contribution in [3.63, 3.8) is 0 Å². The van der Waals surface area contributed by atoms with Crippen LogP contribution in [0.15, 0.2) is 23.2 Å². The summed E-state index contributed by atoms with van der Waals surface area (Å²) in [5.74, 6) is 0.328. The molecule has 1 aliphatic rings. The largest absolute Gasteiger partial charge is 0.392 e. The quantitative estimate of drug-likeness (QED) is 0.788. The molecule has 0 aliphatic carbocycles. The fourth-order valence-corrected chi connectivity index (χ4v) is 3.50. The molecule has 2 N–H and O–H groups in total. The maximum Gasteiger partial charge on any atom is 0.246 e. The number of aliphatic hydroxyl groups is 1. The number of anilines is 1. The molecule has 0 bridgehead atoms. The highest BCUT2D eigenvalue weighted by Gasteiger charge is 2.33. The minimum atomic E-state index is -3.57. The molecule has 1 aromatic rings. The number of nitrogens with zero attached hydrogens (tertiary/aromatic N) is 2. The Balaban J connectivity index is 2.38. The van der Waals surface area contributed by atoms with Crippen molar-refractivity contribution in [3.8, 4) is 0 Å². The first-order valence-electron chi connectivity index (χ1n) is 5.36. The van der Waals surface area contributed by atoms with Crippen LogP contribution in [0, 0.1) is 0 Å². The van der Waals surface area contributed by atoms with Crippen molar-refractivity contribution in [1.29, 1.82) is 0 Å². The first-order valence-corrected chi connectivity index (χ1v) is 6.80. The Labute approximate surface area is 100 Å². The van der Waals surface area contributed by atoms with Crippen molar-refractivity contribution in [2.75, 3.05) is 25.5 Å². The Hall–Kier alpha value is -1.18. The molecule has 1 saturated heterocycles. The average molecular weight is 257 g/mol. The Morgan fingerprint density at radius 1 is 1.59 bits per heavy atom. The number of β-amino-alcohol motifs (C(OH)–C–C–N with tert-alkyl or cyclic N) is 1. The zero-order chi connectivity index (χ0) is 12.5. The number of aliphatic hydroxyl groups excluding tert-OH is 1. The van der Waals surface area contributed by atoms with E-state index in [2.05, 4.69) is 10.3 Å². The molecular formula is C10H15N3O3S. The third-order valence-corrected chi connectivity index (χ3v) is 4.65. The van der Waals surface area contributed by atoms with Crippen molar-refractivity contribution < 1.29 is 13.5 Å². The number of sulfonamides is 1. The molecule has 2 rings (SSSR count). The fraction of sp³-hybridized carbons (Fsp3) is 0.500. The van der Waals surface area contributed by atoms with E-state index in [1.807, 2.05) is 0 Å². The molecule has 1 aliphatic heterocycles. The Bertz CT molecular complexity index is 503. The highest BCUT2D eigenvalue weighted by atomic mass is 32.2. The highest BCUT2D eigenvalue weighted by Crippen LogP contribution is 2.25. The summed E-state index contributed by atoms with van der Waals surface area (Å²) in [4.78, 5) is 4.12. The summed E-state index contributed by atoms with van der Waals surface area (Å²) < 4.78 is 25.9. The summed E-state index contributed by atoms with van der Waals surface area (Å²) >= 11 is 0. The van der Waals surface area contributed by atoms with E-state index in [9.17, 15) is 13.5 Å². The number of pyridine rings is 1. The topological polar surface area (TPSA) is 82.5 Å². The SMILES string of the molecule is CNc1ncccc1S(=O)(=O)N1CCC(O)C1. The molecule has 0 amide bonds. The maximum atomic E-state index is 12.3. The van der Waals surface area contributed by atoms with Crippen molar-refractivity contribution in [1.82, 2.24) is 9.29 Å². The molecule has 17 heavy (non-hydrogen) atoms. The third-order valence-electron chi connectivity index (χ3n) is 2.75. The molecule has 6 nitrogen and oxygen atoms in total. The minimum Gasteiger partial charge on any atom is -0.392 e. The van der Waals surface area contributed by atoms with Gasteiger partial charge >= 0.3 is 0 Å². The first-order chi connectivity index (χ1) is 8.05. The van der Waals surface area contributed by atoms with E-state index in [0.717, 1.165) is 0 Å². The number of hydrogen-bond donors (Lipinski definition) is 2. The summed E-state index contributed by atoms with van der Waals surface area (Å²) in [6.45, 7) is 0.502. The number of rotatable bonds is 3. The molecule has 94 valence electrons. The van der Waals surface area contributed by atoms with Gasteiger partial charge in [-0.25, -0.2) is 13.4 Å². The summed E-state index contributed by atoms with van der Waals surface area (Å²) in [7, 11) is -1.94. The molecule has 0 aromatic carbocycles. The smallest absolute Gasteiger partial charge is 0.246 e. The second kappa shape index (κ2) is 4.59. The average Bonchev–Trinajstić information content (AvgIpc) is 2.76. The minimum absolute atomic E-state index is 0.150. The van der Waals surface area contributed by atoms with E-state index in [0.29, 0.717) is 18.8 Å². The van der Waals surface area contributed by atoms with Gasteiger partial charge in [-0.2, -0.15) is 4.31 Å². The van der Waals surface area contributed by atoms with E-state index in [-0.39, 0.29) is 11.4 Å². The summed E-state index contributed by atoms with van der Waals surface area (Å²) in [6, 6.07) is 3.10. The van der Waals surface area contributed by atoms with E-state index in [1.165, 1.54) is 16.6 Å². The van der Waals surface area contributed by atoms with Gasteiger partial charge in [0.25, 0.3) is 0 Å². The first kappa shape index (κ1) is 12.3. The van der Waals surface area contributed by atoms with Crippen LogP contribution < -0.4 is 5.32 Å². The van der Waals surface area contributed by atoms with Crippen LogP contribution in [0.5, 0.6) is 0 Å². The predicted octanol–water partition coefficient (Wildman–Crippen LogP) is -0.121. The van der Waals surface area contributed by atoms with Gasteiger partial charge in [0.15, 0.2) is 0 Å². The molecule has 7 heteroatoms. The lowest BCUT2D eigenvalue weighted by atomic mass is 10.3.